The second-order valence-corrected chi connectivity index (χ2v) is 5.26. The Bertz CT molecular complexity index is 511. The summed E-state index contributed by atoms with van der Waals surface area (Å²) < 4.78 is 26.9. The number of rotatable bonds is 2. The number of hydrogen-bond acceptors (Lipinski definition) is 3. The second kappa shape index (κ2) is 5.36. The van der Waals surface area contributed by atoms with Gasteiger partial charge in [-0.15, -0.1) is 0 Å². The Morgan fingerprint density at radius 3 is 2.45 bits per heavy atom. The summed E-state index contributed by atoms with van der Waals surface area (Å²) in [6, 6.07) is 3.47. The van der Waals surface area contributed by atoms with Gasteiger partial charge in [-0.2, -0.15) is 0 Å². The fourth-order valence-electron chi connectivity index (χ4n) is 2.62. The highest BCUT2D eigenvalue weighted by atomic mass is 19.1. The van der Waals surface area contributed by atoms with Crippen molar-refractivity contribution in [2.24, 2.45) is 5.92 Å². The summed E-state index contributed by atoms with van der Waals surface area (Å²) in [6.45, 7) is 3.68. The second-order valence-electron chi connectivity index (χ2n) is 5.26. The maximum atomic E-state index is 13.7. The lowest BCUT2D eigenvalue weighted by Crippen LogP contribution is -2.56. The van der Waals surface area contributed by atoms with E-state index in [0.29, 0.717) is 26.2 Å². The third-order valence-electron chi connectivity index (χ3n) is 3.97. The van der Waals surface area contributed by atoms with Gasteiger partial charge in [0, 0.05) is 45.3 Å². The van der Waals surface area contributed by atoms with E-state index in [4.69, 9.17) is 0 Å². The van der Waals surface area contributed by atoms with Gasteiger partial charge in [0.1, 0.15) is 11.6 Å². The molecule has 3 rings (SSSR count). The van der Waals surface area contributed by atoms with Crippen LogP contribution in [0.15, 0.2) is 18.2 Å². The molecule has 0 unspecified atom stereocenters. The minimum Gasteiger partial charge on any atom is -0.366 e. The number of hydrogen-bond donors (Lipinski definition) is 1. The lowest BCUT2D eigenvalue weighted by molar-refractivity contribution is -0.137. The van der Waals surface area contributed by atoms with Crippen molar-refractivity contribution in [3.8, 4) is 0 Å². The molecule has 2 heterocycles. The highest BCUT2D eigenvalue weighted by molar-refractivity contribution is 5.80. The first-order valence-corrected chi connectivity index (χ1v) is 6.84. The molecule has 0 bridgehead atoms. The summed E-state index contributed by atoms with van der Waals surface area (Å²) in [7, 11) is 0. The van der Waals surface area contributed by atoms with E-state index in [0.717, 1.165) is 25.2 Å². The standard InChI is InChI=1S/C14H17F2N3O/c15-11-1-2-12(16)13(7-11)18-3-5-19(6-4-18)14(20)10-8-17-9-10/h1-2,7,10,17H,3-6,8-9H2. The van der Waals surface area contributed by atoms with Gasteiger partial charge < -0.3 is 15.1 Å². The van der Waals surface area contributed by atoms with Gasteiger partial charge in [-0.3, -0.25) is 4.79 Å². The molecular weight excluding hydrogens is 264 g/mol. The Labute approximate surface area is 116 Å². The Hall–Kier alpha value is -1.69. The molecule has 0 aliphatic carbocycles. The van der Waals surface area contributed by atoms with Crippen LogP contribution in [0, 0.1) is 17.6 Å². The van der Waals surface area contributed by atoms with Gasteiger partial charge in [0.25, 0.3) is 0 Å². The van der Waals surface area contributed by atoms with Crippen molar-refractivity contribution in [2.45, 2.75) is 0 Å². The first-order chi connectivity index (χ1) is 9.65. The van der Waals surface area contributed by atoms with E-state index in [1.54, 1.807) is 4.90 Å². The van der Waals surface area contributed by atoms with E-state index in [-0.39, 0.29) is 17.5 Å². The van der Waals surface area contributed by atoms with Crippen LogP contribution in [0.25, 0.3) is 0 Å². The minimum absolute atomic E-state index is 0.0902. The number of anilines is 1. The molecule has 4 nitrogen and oxygen atoms in total. The summed E-state index contributed by atoms with van der Waals surface area (Å²) in [5, 5.41) is 3.08. The third kappa shape index (κ3) is 2.47. The van der Waals surface area contributed by atoms with Gasteiger partial charge in [-0.1, -0.05) is 0 Å². The molecule has 2 aliphatic heterocycles. The summed E-state index contributed by atoms with van der Waals surface area (Å²) in [4.78, 5) is 15.7. The molecule has 0 atom stereocenters. The number of carbonyl (C=O) groups is 1. The molecule has 0 saturated carbocycles. The van der Waals surface area contributed by atoms with E-state index in [1.165, 1.54) is 6.07 Å². The van der Waals surface area contributed by atoms with Gasteiger partial charge >= 0.3 is 0 Å². The minimum atomic E-state index is -0.444. The van der Waals surface area contributed by atoms with Gasteiger partial charge in [0.15, 0.2) is 0 Å². The number of benzene rings is 1. The van der Waals surface area contributed by atoms with E-state index in [1.807, 2.05) is 4.90 Å². The molecule has 20 heavy (non-hydrogen) atoms. The predicted molar refractivity (Wildman–Crippen MR) is 71.5 cm³/mol. The molecule has 0 radical (unpaired) electrons. The summed E-state index contributed by atoms with van der Waals surface area (Å²) in [6.07, 6.45) is 0. The lowest BCUT2D eigenvalue weighted by atomic mass is 10.0. The summed E-state index contributed by atoms with van der Waals surface area (Å²) in [5.74, 6) is -0.606. The molecule has 108 valence electrons. The van der Waals surface area contributed by atoms with Gasteiger partial charge in [0.05, 0.1) is 11.6 Å². The number of carbonyl (C=O) groups excluding carboxylic acids is 1. The zero-order chi connectivity index (χ0) is 14.1. The fourth-order valence-corrected chi connectivity index (χ4v) is 2.62. The Balaban J connectivity index is 1.63. The molecule has 2 aliphatic rings. The predicted octanol–water partition coefficient (Wildman–Crippen LogP) is 0.833. The Morgan fingerprint density at radius 2 is 1.85 bits per heavy atom. The van der Waals surface area contributed by atoms with E-state index < -0.39 is 11.6 Å². The van der Waals surface area contributed by atoms with Crippen molar-refractivity contribution in [3.63, 3.8) is 0 Å². The average Bonchev–Trinajstić information content (AvgIpc) is 2.40. The molecule has 6 heteroatoms. The van der Waals surface area contributed by atoms with Crippen LogP contribution in [-0.4, -0.2) is 50.1 Å². The zero-order valence-electron chi connectivity index (χ0n) is 11.1. The first kappa shape index (κ1) is 13.3. The maximum Gasteiger partial charge on any atom is 0.228 e. The molecule has 1 aromatic carbocycles. The number of nitrogens with one attached hydrogen (secondary N) is 1. The van der Waals surface area contributed by atoms with E-state index in [2.05, 4.69) is 5.32 Å². The first-order valence-electron chi connectivity index (χ1n) is 6.84. The molecule has 2 fully saturated rings. The highest BCUT2D eigenvalue weighted by Crippen LogP contribution is 2.22. The average molecular weight is 281 g/mol. The highest BCUT2D eigenvalue weighted by Gasteiger charge is 2.31. The maximum absolute atomic E-state index is 13.7. The van der Waals surface area contributed by atoms with Crippen molar-refractivity contribution in [1.29, 1.82) is 0 Å². The number of halogens is 2. The topological polar surface area (TPSA) is 35.6 Å². The molecule has 1 amide bonds. The van der Waals surface area contributed by atoms with Crippen LogP contribution in [-0.2, 0) is 4.79 Å². The molecule has 2 saturated heterocycles. The Morgan fingerprint density at radius 1 is 1.15 bits per heavy atom. The molecule has 0 aromatic heterocycles. The van der Waals surface area contributed by atoms with Gasteiger partial charge in [0.2, 0.25) is 5.91 Å². The Kier molecular flexibility index (Phi) is 3.56. The monoisotopic (exact) mass is 281 g/mol. The van der Waals surface area contributed by atoms with Crippen molar-refractivity contribution in [3.05, 3.63) is 29.8 Å². The largest absolute Gasteiger partial charge is 0.366 e. The van der Waals surface area contributed by atoms with E-state index in [9.17, 15) is 13.6 Å². The van der Waals surface area contributed by atoms with Crippen LogP contribution >= 0.6 is 0 Å². The molecule has 1 aromatic rings. The van der Waals surface area contributed by atoms with Crippen molar-refractivity contribution in [2.75, 3.05) is 44.2 Å². The van der Waals surface area contributed by atoms with Gasteiger partial charge in [-0.25, -0.2) is 8.78 Å². The van der Waals surface area contributed by atoms with E-state index >= 15 is 0 Å². The van der Waals surface area contributed by atoms with Crippen LogP contribution in [0.3, 0.4) is 0 Å². The van der Waals surface area contributed by atoms with Crippen LogP contribution in [0.5, 0.6) is 0 Å². The van der Waals surface area contributed by atoms with Crippen molar-refractivity contribution < 1.29 is 13.6 Å². The zero-order valence-corrected chi connectivity index (χ0v) is 11.1. The number of nitrogens with zero attached hydrogens (tertiary/aromatic N) is 2. The van der Waals surface area contributed by atoms with Crippen molar-refractivity contribution in [1.82, 2.24) is 10.2 Å². The van der Waals surface area contributed by atoms with Gasteiger partial charge in [-0.05, 0) is 12.1 Å². The van der Waals surface area contributed by atoms with Crippen LogP contribution in [0.4, 0.5) is 14.5 Å². The van der Waals surface area contributed by atoms with Crippen LogP contribution in [0.1, 0.15) is 0 Å². The number of piperazine rings is 1. The van der Waals surface area contributed by atoms with Crippen LogP contribution in [0.2, 0.25) is 0 Å². The van der Waals surface area contributed by atoms with Crippen LogP contribution < -0.4 is 10.2 Å². The number of amides is 1. The smallest absolute Gasteiger partial charge is 0.228 e. The lowest BCUT2D eigenvalue weighted by Gasteiger charge is -2.39. The quantitative estimate of drug-likeness (QED) is 0.872. The third-order valence-corrected chi connectivity index (χ3v) is 3.97. The summed E-state index contributed by atoms with van der Waals surface area (Å²) in [5.41, 5.74) is 0.280. The molecular formula is C14H17F2N3O. The summed E-state index contributed by atoms with van der Waals surface area (Å²) >= 11 is 0. The molecule has 1 N–H and O–H groups in total. The SMILES string of the molecule is O=C(C1CNC1)N1CCN(c2cc(F)ccc2F)CC1. The molecule has 0 spiro atoms. The van der Waals surface area contributed by atoms with Crippen molar-refractivity contribution >= 4 is 11.6 Å². The normalized spacial score (nSPS) is 19.9. The fraction of sp³-hybridized carbons (Fsp3) is 0.500.